The molecule has 1 aromatic carbocycles. The normalized spacial score (nSPS) is 21.1. The predicted molar refractivity (Wildman–Crippen MR) is 52.2 cm³/mol. The van der Waals surface area contributed by atoms with E-state index in [0.29, 0.717) is 0 Å². The molecule has 2 heteroatoms. The molecular weight excluding hydrogens is 216 g/mol. The monoisotopic (exact) mass is 226 g/mol. The Bertz CT molecular complexity index is 320. The molecule has 64 valence electrons. The van der Waals surface area contributed by atoms with Crippen LogP contribution in [0.3, 0.4) is 0 Å². The zero-order valence-corrected chi connectivity index (χ0v) is 8.56. The molecule has 2 rings (SSSR count). The number of aryl methyl sites for hydroxylation is 1. The average Bonchev–Trinajstić information content (AvgIpc) is 2.33. The van der Waals surface area contributed by atoms with Gasteiger partial charge < -0.3 is 5.11 Å². The number of benzene rings is 1. The Morgan fingerprint density at radius 2 is 2.25 bits per heavy atom. The fourth-order valence-electron chi connectivity index (χ4n) is 1.80. The number of hydrogen-bond acceptors (Lipinski definition) is 1. The van der Waals surface area contributed by atoms with Crippen LogP contribution in [0.25, 0.3) is 0 Å². The third kappa shape index (κ3) is 1.19. The van der Waals surface area contributed by atoms with Crippen molar-refractivity contribution in [2.45, 2.75) is 25.9 Å². The molecule has 0 aliphatic heterocycles. The van der Waals surface area contributed by atoms with Crippen LogP contribution in [-0.2, 0) is 6.42 Å². The highest BCUT2D eigenvalue weighted by Crippen LogP contribution is 2.36. The lowest BCUT2D eigenvalue weighted by atomic mass is 10.1. The van der Waals surface area contributed by atoms with E-state index in [9.17, 15) is 5.11 Å². The van der Waals surface area contributed by atoms with Gasteiger partial charge in [-0.3, -0.25) is 0 Å². The van der Waals surface area contributed by atoms with E-state index in [1.165, 1.54) is 11.1 Å². The minimum Gasteiger partial charge on any atom is -0.388 e. The van der Waals surface area contributed by atoms with E-state index in [1.54, 1.807) is 0 Å². The van der Waals surface area contributed by atoms with Gasteiger partial charge in [0.25, 0.3) is 0 Å². The molecule has 1 aliphatic carbocycles. The molecule has 0 saturated heterocycles. The van der Waals surface area contributed by atoms with Gasteiger partial charge in [0.05, 0.1) is 6.10 Å². The third-order valence-electron chi connectivity index (χ3n) is 2.40. The Balaban J connectivity index is 2.60. The van der Waals surface area contributed by atoms with Crippen LogP contribution in [0, 0.1) is 6.92 Å². The molecule has 1 nitrogen and oxygen atoms in total. The fourth-order valence-corrected chi connectivity index (χ4v) is 2.58. The molecule has 1 N–H and O–H groups in total. The number of fused-ring (bicyclic) bond motifs is 1. The molecule has 1 atom stereocenters. The molecule has 1 aromatic rings. The van der Waals surface area contributed by atoms with Crippen molar-refractivity contribution in [2.75, 3.05) is 0 Å². The number of rotatable bonds is 0. The lowest BCUT2D eigenvalue weighted by Crippen LogP contribution is -1.91. The minimum atomic E-state index is -0.240. The van der Waals surface area contributed by atoms with Gasteiger partial charge in [0.2, 0.25) is 0 Å². The molecule has 0 amide bonds. The van der Waals surface area contributed by atoms with Gasteiger partial charge in [-0.05, 0) is 42.5 Å². The number of aliphatic hydroxyl groups is 1. The van der Waals surface area contributed by atoms with Crippen LogP contribution in [-0.4, -0.2) is 5.11 Å². The maximum atomic E-state index is 9.61. The summed E-state index contributed by atoms with van der Waals surface area (Å²) in [7, 11) is 0. The van der Waals surface area contributed by atoms with E-state index in [1.807, 2.05) is 0 Å². The molecule has 1 aliphatic rings. The summed E-state index contributed by atoms with van der Waals surface area (Å²) in [4.78, 5) is 0. The summed E-state index contributed by atoms with van der Waals surface area (Å²) in [6, 6.07) is 4.19. The second kappa shape index (κ2) is 2.86. The minimum absolute atomic E-state index is 0.240. The van der Waals surface area contributed by atoms with Crippen LogP contribution in [0.15, 0.2) is 16.6 Å². The molecule has 0 aromatic heterocycles. The van der Waals surface area contributed by atoms with Crippen LogP contribution in [0.1, 0.15) is 29.2 Å². The van der Waals surface area contributed by atoms with Crippen LogP contribution in [0.2, 0.25) is 0 Å². The Morgan fingerprint density at radius 1 is 1.50 bits per heavy atom. The first-order chi connectivity index (χ1) is 5.68. The molecule has 12 heavy (non-hydrogen) atoms. The van der Waals surface area contributed by atoms with Gasteiger partial charge >= 0.3 is 0 Å². The van der Waals surface area contributed by atoms with E-state index in [4.69, 9.17) is 0 Å². The van der Waals surface area contributed by atoms with Crippen molar-refractivity contribution in [3.63, 3.8) is 0 Å². The zero-order valence-electron chi connectivity index (χ0n) is 6.97. The zero-order chi connectivity index (χ0) is 8.72. The molecule has 0 heterocycles. The van der Waals surface area contributed by atoms with Crippen molar-refractivity contribution in [3.05, 3.63) is 33.3 Å². The first-order valence-electron chi connectivity index (χ1n) is 4.15. The second-order valence-corrected chi connectivity index (χ2v) is 4.22. The van der Waals surface area contributed by atoms with Crippen molar-refractivity contribution >= 4 is 15.9 Å². The van der Waals surface area contributed by atoms with Gasteiger partial charge in [0.15, 0.2) is 0 Å². The van der Waals surface area contributed by atoms with Crippen LogP contribution in [0.5, 0.6) is 0 Å². The first kappa shape index (κ1) is 8.27. The Labute approximate surface area is 80.5 Å². The van der Waals surface area contributed by atoms with Crippen molar-refractivity contribution < 1.29 is 5.11 Å². The molecule has 1 unspecified atom stereocenters. The Hall–Kier alpha value is -0.340. The van der Waals surface area contributed by atoms with E-state index < -0.39 is 0 Å². The summed E-state index contributed by atoms with van der Waals surface area (Å²) in [5.41, 5.74) is 3.61. The van der Waals surface area contributed by atoms with E-state index in [-0.39, 0.29) is 6.10 Å². The van der Waals surface area contributed by atoms with Gasteiger partial charge in [-0.25, -0.2) is 0 Å². The summed E-state index contributed by atoms with van der Waals surface area (Å²) < 4.78 is 1.15. The number of halogens is 1. The summed E-state index contributed by atoms with van der Waals surface area (Å²) in [6.45, 7) is 2.05. The van der Waals surface area contributed by atoms with Crippen molar-refractivity contribution in [2.24, 2.45) is 0 Å². The molecule has 0 fully saturated rings. The third-order valence-corrected chi connectivity index (χ3v) is 3.11. The molecule has 0 spiro atoms. The Morgan fingerprint density at radius 3 is 3.00 bits per heavy atom. The summed E-state index contributed by atoms with van der Waals surface area (Å²) in [5, 5.41) is 9.61. The highest BCUT2D eigenvalue weighted by atomic mass is 79.9. The van der Waals surface area contributed by atoms with Crippen molar-refractivity contribution in [1.82, 2.24) is 0 Å². The van der Waals surface area contributed by atoms with E-state index in [2.05, 4.69) is 35.0 Å². The van der Waals surface area contributed by atoms with Gasteiger partial charge in [-0.15, -0.1) is 0 Å². The predicted octanol–water partition coefficient (Wildman–Crippen LogP) is 2.74. The molecule has 0 saturated carbocycles. The molecule has 0 bridgehead atoms. The maximum absolute atomic E-state index is 9.61. The van der Waals surface area contributed by atoms with Crippen molar-refractivity contribution in [1.29, 1.82) is 0 Å². The molecular formula is C10H11BrO. The SMILES string of the molecule is Cc1cc(Br)c2c(c1)C(O)CC2. The summed E-state index contributed by atoms with van der Waals surface area (Å²) in [6.07, 6.45) is 1.63. The fraction of sp³-hybridized carbons (Fsp3) is 0.400. The average molecular weight is 227 g/mol. The highest BCUT2D eigenvalue weighted by molar-refractivity contribution is 9.10. The lowest BCUT2D eigenvalue weighted by molar-refractivity contribution is 0.180. The van der Waals surface area contributed by atoms with Crippen LogP contribution >= 0.6 is 15.9 Å². The van der Waals surface area contributed by atoms with Gasteiger partial charge in [0.1, 0.15) is 0 Å². The lowest BCUT2D eigenvalue weighted by Gasteiger charge is -2.06. The van der Waals surface area contributed by atoms with Gasteiger partial charge in [-0.2, -0.15) is 0 Å². The van der Waals surface area contributed by atoms with Crippen molar-refractivity contribution in [3.8, 4) is 0 Å². The first-order valence-corrected chi connectivity index (χ1v) is 4.95. The number of hydrogen-bond donors (Lipinski definition) is 1. The topological polar surface area (TPSA) is 20.2 Å². The smallest absolute Gasteiger partial charge is 0.0796 e. The van der Waals surface area contributed by atoms with Crippen LogP contribution < -0.4 is 0 Å². The van der Waals surface area contributed by atoms with E-state index >= 15 is 0 Å². The van der Waals surface area contributed by atoms with Gasteiger partial charge in [0, 0.05) is 4.47 Å². The molecule has 0 radical (unpaired) electrons. The van der Waals surface area contributed by atoms with Gasteiger partial charge in [-0.1, -0.05) is 22.0 Å². The van der Waals surface area contributed by atoms with Crippen LogP contribution in [0.4, 0.5) is 0 Å². The highest BCUT2D eigenvalue weighted by Gasteiger charge is 2.22. The second-order valence-electron chi connectivity index (χ2n) is 3.37. The largest absolute Gasteiger partial charge is 0.388 e. The maximum Gasteiger partial charge on any atom is 0.0796 e. The number of aliphatic hydroxyl groups excluding tert-OH is 1. The van der Waals surface area contributed by atoms with E-state index in [0.717, 1.165) is 22.9 Å². The standard InChI is InChI=1S/C10H11BrO/c1-6-4-8-7(9(11)5-6)2-3-10(8)12/h4-5,10,12H,2-3H2,1H3. The Kier molecular flexibility index (Phi) is 1.97. The quantitative estimate of drug-likeness (QED) is 0.722. The summed E-state index contributed by atoms with van der Waals surface area (Å²) in [5.74, 6) is 0. The summed E-state index contributed by atoms with van der Waals surface area (Å²) >= 11 is 3.51.